The number of carbonyl (C=O) groups is 1. The second-order valence-electron chi connectivity index (χ2n) is 5.64. The maximum atomic E-state index is 12.3. The molecular formula is C16H24N2O2. The number of ether oxygens (including phenoxy) is 1. The van der Waals surface area contributed by atoms with Crippen molar-refractivity contribution in [2.45, 2.75) is 20.3 Å². The van der Waals surface area contributed by atoms with Crippen molar-refractivity contribution in [1.29, 1.82) is 0 Å². The Kier molecular flexibility index (Phi) is 5.01. The van der Waals surface area contributed by atoms with Crippen LogP contribution in [-0.2, 0) is 0 Å². The van der Waals surface area contributed by atoms with Crippen LogP contribution >= 0.6 is 0 Å². The van der Waals surface area contributed by atoms with Gasteiger partial charge in [-0.1, -0.05) is 18.6 Å². The summed E-state index contributed by atoms with van der Waals surface area (Å²) in [5, 5.41) is 6.43. The first-order chi connectivity index (χ1) is 9.61. The van der Waals surface area contributed by atoms with Crippen molar-refractivity contribution in [3.8, 4) is 5.75 Å². The zero-order chi connectivity index (χ0) is 14.5. The summed E-state index contributed by atoms with van der Waals surface area (Å²) in [6.45, 7) is 7.02. The predicted molar refractivity (Wildman–Crippen MR) is 80.2 cm³/mol. The van der Waals surface area contributed by atoms with Crippen molar-refractivity contribution in [3.63, 3.8) is 0 Å². The summed E-state index contributed by atoms with van der Waals surface area (Å²) in [5.41, 5.74) is 1.68. The largest absolute Gasteiger partial charge is 0.496 e. The molecule has 1 aromatic carbocycles. The summed E-state index contributed by atoms with van der Waals surface area (Å²) in [6.07, 6.45) is 1.12. The van der Waals surface area contributed by atoms with Crippen molar-refractivity contribution in [3.05, 3.63) is 29.3 Å². The minimum Gasteiger partial charge on any atom is -0.496 e. The van der Waals surface area contributed by atoms with Crippen molar-refractivity contribution in [2.24, 2.45) is 11.8 Å². The number of aryl methyl sites for hydroxylation is 1. The third-order valence-corrected chi connectivity index (χ3v) is 4.09. The number of carbonyl (C=O) groups excluding carboxylic acids is 1. The van der Waals surface area contributed by atoms with Gasteiger partial charge in [0, 0.05) is 6.54 Å². The fraction of sp³-hybridized carbons (Fsp3) is 0.562. The molecule has 1 aliphatic rings. The normalized spacial score (nSPS) is 22.4. The van der Waals surface area contributed by atoms with Crippen LogP contribution in [0, 0.1) is 18.8 Å². The summed E-state index contributed by atoms with van der Waals surface area (Å²) in [4.78, 5) is 12.3. The lowest BCUT2D eigenvalue weighted by atomic mass is 9.88. The van der Waals surface area contributed by atoms with Gasteiger partial charge in [-0.05, 0) is 50.4 Å². The average molecular weight is 276 g/mol. The van der Waals surface area contributed by atoms with E-state index in [0.29, 0.717) is 23.1 Å². The van der Waals surface area contributed by atoms with Crippen LogP contribution in [-0.4, -0.2) is 32.7 Å². The highest BCUT2D eigenvalue weighted by molar-refractivity contribution is 5.97. The first kappa shape index (κ1) is 14.9. The fourth-order valence-corrected chi connectivity index (χ4v) is 2.69. The van der Waals surface area contributed by atoms with E-state index in [-0.39, 0.29) is 5.91 Å². The number of benzene rings is 1. The number of nitrogens with one attached hydrogen (secondary N) is 2. The summed E-state index contributed by atoms with van der Waals surface area (Å²) in [6, 6.07) is 5.67. The van der Waals surface area contributed by atoms with Gasteiger partial charge in [-0.15, -0.1) is 0 Å². The third kappa shape index (κ3) is 3.51. The molecule has 110 valence electrons. The van der Waals surface area contributed by atoms with Gasteiger partial charge >= 0.3 is 0 Å². The molecule has 1 heterocycles. The highest BCUT2D eigenvalue weighted by Crippen LogP contribution is 2.21. The molecule has 1 fully saturated rings. The monoisotopic (exact) mass is 276 g/mol. The number of piperidine rings is 1. The SMILES string of the molecule is COc1ccc(C)cc1C(=O)NCC1CCNCC1C. The van der Waals surface area contributed by atoms with Crippen molar-refractivity contribution in [2.75, 3.05) is 26.7 Å². The molecule has 0 bridgehead atoms. The second kappa shape index (κ2) is 6.75. The summed E-state index contributed by atoms with van der Waals surface area (Å²) >= 11 is 0. The van der Waals surface area contributed by atoms with E-state index in [1.807, 2.05) is 25.1 Å². The summed E-state index contributed by atoms with van der Waals surface area (Å²) in [7, 11) is 1.59. The molecule has 4 nitrogen and oxygen atoms in total. The molecule has 0 aromatic heterocycles. The van der Waals surface area contributed by atoms with Crippen LogP contribution in [0.3, 0.4) is 0 Å². The van der Waals surface area contributed by atoms with Gasteiger partial charge < -0.3 is 15.4 Å². The smallest absolute Gasteiger partial charge is 0.255 e. The molecule has 1 aromatic rings. The number of rotatable bonds is 4. The topological polar surface area (TPSA) is 50.4 Å². The molecule has 4 heteroatoms. The fourth-order valence-electron chi connectivity index (χ4n) is 2.69. The maximum Gasteiger partial charge on any atom is 0.255 e. The zero-order valence-electron chi connectivity index (χ0n) is 12.5. The molecule has 0 aliphatic carbocycles. The van der Waals surface area contributed by atoms with Gasteiger partial charge in [0.2, 0.25) is 0 Å². The number of amides is 1. The molecule has 2 rings (SSSR count). The molecular weight excluding hydrogens is 252 g/mol. The van der Waals surface area contributed by atoms with Crippen LogP contribution in [0.5, 0.6) is 5.75 Å². The van der Waals surface area contributed by atoms with Gasteiger partial charge in [0.05, 0.1) is 12.7 Å². The van der Waals surface area contributed by atoms with Crippen LogP contribution in [0.1, 0.15) is 29.3 Å². The molecule has 0 saturated carbocycles. The first-order valence-electron chi connectivity index (χ1n) is 7.25. The van der Waals surface area contributed by atoms with Crippen LogP contribution in [0.4, 0.5) is 0 Å². The van der Waals surface area contributed by atoms with E-state index in [1.54, 1.807) is 7.11 Å². The van der Waals surface area contributed by atoms with Crippen LogP contribution in [0.25, 0.3) is 0 Å². The van der Waals surface area contributed by atoms with E-state index in [4.69, 9.17) is 4.74 Å². The van der Waals surface area contributed by atoms with E-state index in [1.165, 1.54) is 0 Å². The van der Waals surface area contributed by atoms with Gasteiger partial charge in [0.15, 0.2) is 0 Å². The Morgan fingerprint density at radius 2 is 2.30 bits per heavy atom. The van der Waals surface area contributed by atoms with E-state index in [0.717, 1.165) is 31.6 Å². The van der Waals surface area contributed by atoms with E-state index in [9.17, 15) is 4.79 Å². The lowest BCUT2D eigenvalue weighted by molar-refractivity contribution is 0.0935. The molecule has 20 heavy (non-hydrogen) atoms. The first-order valence-corrected chi connectivity index (χ1v) is 7.25. The Labute approximate surface area is 120 Å². The summed E-state index contributed by atoms with van der Waals surface area (Å²) < 4.78 is 5.26. The molecule has 2 atom stereocenters. The minimum atomic E-state index is -0.0451. The Morgan fingerprint density at radius 3 is 3.00 bits per heavy atom. The highest BCUT2D eigenvalue weighted by atomic mass is 16.5. The standard InChI is InChI=1S/C16H24N2O2/c1-11-4-5-15(20-3)14(8-11)16(19)18-10-13-6-7-17-9-12(13)2/h4-5,8,12-13,17H,6-7,9-10H2,1-3H3,(H,18,19). The van der Waals surface area contributed by atoms with Gasteiger partial charge in [-0.3, -0.25) is 4.79 Å². The lowest BCUT2D eigenvalue weighted by Crippen LogP contribution is -2.41. The van der Waals surface area contributed by atoms with Crippen LogP contribution in [0.15, 0.2) is 18.2 Å². The zero-order valence-corrected chi connectivity index (χ0v) is 12.5. The van der Waals surface area contributed by atoms with Crippen molar-refractivity contribution in [1.82, 2.24) is 10.6 Å². The molecule has 2 unspecified atom stereocenters. The van der Waals surface area contributed by atoms with E-state index >= 15 is 0 Å². The Hall–Kier alpha value is -1.55. The summed E-state index contributed by atoms with van der Waals surface area (Å²) in [5.74, 6) is 1.74. The van der Waals surface area contributed by atoms with Crippen LogP contribution in [0.2, 0.25) is 0 Å². The van der Waals surface area contributed by atoms with E-state index < -0.39 is 0 Å². The average Bonchev–Trinajstić information content (AvgIpc) is 2.46. The number of hydrogen-bond donors (Lipinski definition) is 2. The van der Waals surface area contributed by atoms with Gasteiger partial charge in [0.1, 0.15) is 5.75 Å². The predicted octanol–water partition coefficient (Wildman–Crippen LogP) is 1.98. The van der Waals surface area contributed by atoms with Crippen molar-refractivity contribution >= 4 is 5.91 Å². The number of methoxy groups -OCH3 is 1. The second-order valence-corrected chi connectivity index (χ2v) is 5.64. The van der Waals surface area contributed by atoms with Crippen LogP contribution < -0.4 is 15.4 Å². The minimum absolute atomic E-state index is 0.0451. The molecule has 1 amide bonds. The van der Waals surface area contributed by atoms with E-state index in [2.05, 4.69) is 17.6 Å². The Morgan fingerprint density at radius 1 is 1.50 bits per heavy atom. The third-order valence-electron chi connectivity index (χ3n) is 4.09. The molecule has 0 radical (unpaired) electrons. The van der Waals surface area contributed by atoms with Gasteiger partial charge in [0.25, 0.3) is 5.91 Å². The van der Waals surface area contributed by atoms with Gasteiger partial charge in [-0.25, -0.2) is 0 Å². The Bertz CT molecular complexity index is 474. The highest BCUT2D eigenvalue weighted by Gasteiger charge is 2.22. The molecule has 1 aliphatic heterocycles. The molecule has 2 N–H and O–H groups in total. The quantitative estimate of drug-likeness (QED) is 0.884. The molecule has 1 saturated heterocycles. The Balaban J connectivity index is 1.99. The maximum absolute atomic E-state index is 12.3. The molecule has 0 spiro atoms. The van der Waals surface area contributed by atoms with Crippen molar-refractivity contribution < 1.29 is 9.53 Å². The van der Waals surface area contributed by atoms with Gasteiger partial charge in [-0.2, -0.15) is 0 Å². The number of hydrogen-bond acceptors (Lipinski definition) is 3. The lowest BCUT2D eigenvalue weighted by Gasteiger charge is -2.29.